The standard InChI is InChI=1S/C54H91NO8/c1-3-5-7-8-9-10-11-12-13-14-15-16-17-18-19-20-21-22-23-24-25-26-27-28-29-30-31-32-33-34-35-36-37-38-39-40-42-44-50(58)55-47(48(57)43-41-6-4-2)46-62-54-53(61)52(60)51(59)49(45-56)63-54/h5,7,9-10,12-13,15-16,18-19,21-22,24-25,41,43,47-49,51-54,56-57,59-61H,3-4,6,8,11,14,17,20,23,26-40,42,44-46H2,1-2H3,(H,55,58)/b7-5-,10-9-,13-12-,16-15-,19-18-,22-21-,25-24-,43-41+. The predicted octanol–water partition coefficient (Wildman–Crippen LogP) is 11.3. The van der Waals surface area contributed by atoms with Crippen LogP contribution < -0.4 is 5.32 Å². The van der Waals surface area contributed by atoms with Crippen LogP contribution in [0.15, 0.2) is 97.2 Å². The highest BCUT2D eigenvalue weighted by molar-refractivity contribution is 5.76. The zero-order chi connectivity index (χ0) is 45.9. The van der Waals surface area contributed by atoms with Crippen molar-refractivity contribution in [2.24, 2.45) is 0 Å². The summed E-state index contributed by atoms with van der Waals surface area (Å²) in [7, 11) is 0. The fourth-order valence-electron chi connectivity index (χ4n) is 7.20. The number of hydrogen-bond donors (Lipinski definition) is 6. The van der Waals surface area contributed by atoms with Gasteiger partial charge in [0.05, 0.1) is 25.4 Å². The van der Waals surface area contributed by atoms with Gasteiger partial charge in [0.1, 0.15) is 24.4 Å². The van der Waals surface area contributed by atoms with E-state index in [1.54, 1.807) is 6.08 Å². The Balaban J connectivity index is 1.98. The first-order chi connectivity index (χ1) is 30.8. The predicted molar refractivity (Wildman–Crippen MR) is 262 cm³/mol. The van der Waals surface area contributed by atoms with Gasteiger partial charge in [-0.05, 0) is 70.6 Å². The van der Waals surface area contributed by atoms with Crippen LogP contribution >= 0.6 is 0 Å². The lowest BCUT2D eigenvalue weighted by molar-refractivity contribution is -0.302. The summed E-state index contributed by atoms with van der Waals surface area (Å²) in [6.45, 7) is 3.42. The van der Waals surface area contributed by atoms with Crippen LogP contribution in [0.2, 0.25) is 0 Å². The second kappa shape index (κ2) is 43.0. The molecule has 0 aromatic rings. The smallest absolute Gasteiger partial charge is 0.220 e. The van der Waals surface area contributed by atoms with Gasteiger partial charge in [0, 0.05) is 6.42 Å². The first-order valence-corrected chi connectivity index (χ1v) is 25.0. The minimum atomic E-state index is -1.57. The molecule has 1 aliphatic heterocycles. The number of nitrogens with one attached hydrogen (secondary N) is 1. The molecule has 1 amide bonds. The molecule has 1 rings (SSSR count). The van der Waals surface area contributed by atoms with E-state index in [0.717, 1.165) is 77.0 Å². The lowest BCUT2D eigenvalue weighted by Gasteiger charge is -2.40. The van der Waals surface area contributed by atoms with Gasteiger partial charge in [0.25, 0.3) is 0 Å². The van der Waals surface area contributed by atoms with E-state index < -0.39 is 49.5 Å². The Morgan fingerprint density at radius 2 is 0.984 bits per heavy atom. The van der Waals surface area contributed by atoms with Gasteiger partial charge in [-0.2, -0.15) is 0 Å². The number of unbranched alkanes of at least 4 members (excludes halogenated alkanes) is 16. The van der Waals surface area contributed by atoms with Crippen molar-refractivity contribution in [3.05, 3.63) is 97.2 Å². The van der Waals surface area contributed by atoms with Crippen LogP contribution in [0.1, 0.15) is 181 Å². The number of carbonyl (C=O) groups is 1. The third-order valence-electron chi connectivity index (χ3n) is 11.1. The van der Waals surface area contributed by atoms with Gasteiger partial charge in [-0.15, -0.1) is 0 Å². The molecule has 7 unspecified atom stereocenters. The Kier molecular flexibility index (Phi) is 39.7. The quantitative estimate of drug-likeness (QED) is 0.0263. The van der Waals surface area contributed by atoms with Gasteiger partial charge >= 0.3 is 0 Å². The normalized spacial score (nSPS) is 21.0. The number of ether oxygens (including phenoxy) is 2. The molecule has 1 saturated heterocycles. The fraction of sp³-hybridized carbons (Fsp3) is 0.685. The molecule has 1 heterocycles. The van der Waals surface area contributed by atoms with E-state index in [2.05, 4.69) is 97.3 Å². The zero-order valence-corrected chi connectivity index (χ0v) is 39.5. The second-order valence-corrected chi connectivity index (χ2v) is 16.9. The zero-order valence-electron chi connectivity index (χ0n) is 39.5. The summed E-state index contributed by atoms with van der Waals surface area (Å²) < 4.78 is 11.1. The summed E-state index contributed by atoms with van der Waals surface area (Å²) in [6, 6.07) is -0.804. The minimum Gasteiger partial charge on any atom is -0.394 e. The van der Waals surface area contributed by atoms with Crippen LogP contribution in [-0.4, -0.2) is 87.5 Å². The van der Waals surface area contributed by atoms with Crippen molar-refractivity contribution in [1.29, 1.82) is 0 Å². The number of aliphatic hydroxyl groups excluding tert-OH is 5. The van der Waals surface area contributed by atoms with Crippen molar-refractivity contribution in [2.45, 2.75) is 224 Å². The maximum atomic E-state index is 12.8. The van der Waals surface area contributed by atoms with Crippen molar-refractivity contribution in [3.63, 3.8) is 0 Å². The molecular formula is C54H91NO8. The van der Waals surface area contributed by atoms with Crippen LogP contribution in [0.5, 0.6) is 0 Å². The number of rotatable bonds is 40. The van der Waals surface area contributed by atoms with E-state index in [4.69, 9.17) is 9.47 Å². The summed E-state index contributed by atoms with van der Waals surface area (Å²) in [5.74, 6) is -0.194. The lowest BCUT2D eigenvalue weighted by atomic mass is 9.99. The lowest BCUT2D eigenvalue weighted by Crippen LogP contribution is -2.60. The summed E-state index contributed by atoms with van der Waals surface area (Å²) in [5, 5.41) is 53.4. The van der Waals surface area contributed by atoms with Gasteiger partial charge in [0.2, 0.25) is 5.91 Å². The van der Waals surface area contributed by atoms with Gasteiger partial charge in [0.15, 0.2) is 6.29 Å². The molecule has 0 aromatic heterocycles. The molecule has 0 bridgehead atoms. The van der Waals surface area contributed by atoms with Crippen molar-refractivity contribution in [2.75, 3.05) is 13.2 Å². The van der Waals surface area contributed by atoms with E-state index in [1.165, 1.54) is 83.5 Å². The van der Waals surface area contributed by atoms with Crippen LogP contribution in [0.3, 0.4) is 0 Å². The fourth-order valence-corrected chi connectivity index (χ4v) is 7.20. The number of carbonyl (C=O) groups excluding carboxylic acids is 1. The third-order valence-corrected chi connectivity index (χ3v) is 11.1. The molecule has 0 saturated carbocycles. The molecule has 0 aromatic carbocycles. The van der Waals surface area contributed by atoms with E-state index >= 15 is 0 Å². The number of hydrogen-bond acceptors (Lipinski definition) is 8. The average molecular weight is 882 g/mol. The second-order valence-electron chi connectivity index (χ2n) is 16.9. The molecule has 0 spiro atoms. The Morgan fingerprint density at radius 1 is 0.556 bits per heavy atom. The minimum absolute atomic E-state index is 0.194. The molecule has 9 nitrogen and oxygen atoms in total. The van der Waals surface area contributed by atoms with Crippen LogP contribution in [0.4, 0.5) is 0 Å². The highest BCUT2D eigenvalue weighted by Gasteiger charge is 2.44. The summed E-state index contributed by atoms with van der Waals surface area (Å²) >= 11 is 0. The highest BCUT2D eigenvalue weighted by Crippen LogP contribution is 2.22. The van der Waals surface area contributed by atoms with E-state index in [-0.39, 0.29) is 12.5 Å². The Hall–Kier alpha value is -2.89. The molecule has 9 heteroatoms. The molecule has 6 N–H and O–H groups in total. The third kappa shape index (κ3) is 33.3. The van der Waals surface area contributed by atoms with Crippen LogP contribution in [0, 0.1) is 0 Å². The molecule has 0 radical (unpaired) electrons. The van der Waals surface area contributed by atoms with Gasteiger partial charge in [-0.25, -0.2) is 0 Å². The van der Waals surface area contributed by atoms with Crippen molar-refractivity contribution < 1.29 is 39.8 Å². The molecule has 7 atom stereocenters. The average Bonchev–Trinajstić information content (AvgIpc) is 3.28. The van der Waals surface area contributed by atoms with E-state index in [0.29, 0.717) is 6.42 Å². The highest BCUT2D eigenvalue weighted by atomic mass is 16.7. The molecule has 63 heavy (non-hydrogen) atoms. The first-order valence-electron chi connectivity index (χ1n) is 25.0. The van der Waals surface area contributed by atoms with E-state index in [9.17, 15) is 30.3 Å². The topological polar surface area (TPSA) is 149 Å². The SMILES string of the molecule is CC/C=C\C/C=C\C/C=C\C/C=C\C/C=C\C/C=C\C/C=C\CCCCCCCCCCCCCCCCCC(=O)NC(COC1OC(CO)C(O)C(O)C1O)C(O)/C=C/CCC. The summed E-state index contributed by atoms with van der Waals surface area (Å²) in [4.78, 5) is 12.8. The van der Waals surface area contributed by atoms with Crippen LogP contribution in [0.25, 0.3) is 0 Å². The van der Waals surface area contributed by atoms with Gasteiger partial charge < -0.3 is 40.3 Å². The first kappa shape index (κ1) is 58.1. The van der Waals surface area contributed by atoms with Crippen LogP contribution in [-0.2, 0) is 14.3 Å². The monoisotopic (exact) mass is 882 g/mol. The maximum Gasteiger partial charge on any atom is 0.220 e. The Labute approximate surface area is 383 Å². The Morgan fingerprint density at radius 3 is 1.43 bits per heavy atom. The Bertz CT molecular complexity index is 1300. The van der Waals surface area contributed by atoms with Crippen molar-refractivity contribution in [3.8, 4) is 0 Å². The summed E-state index contributed by atoms with van der Waals surface area (Å²) in [6.07, 6.45) is 55.8. The number of amides is 1. The number of allylic oxidation sites excluding steroid dienone is 15. The van der Waals surface area contributed by atoms with E-state index in [1.807, 2.05) is 13.0 Å². The largest absolute Gasteiger partial charge is 0.394 e. The van der Waals surface area contributed by atoms with Crippen molar-refractivity contribution in [1.82, 2.24) is 5.32 Å². The molecule has 360 valence electrons. The molecule has 1 aliphatic rings. The van der Waals surface area contributed by atoms with Gasteiger partial charge in [-0.3, -0.25) is 4.79 Å². The molecular weight excluding hydrogens is 791 g/mol. The van der Waals surface area contributed by atoms with Gasteiger partial charge in [-0.1, -0.05) is 201 Å². The number of aliphatic hydroxyl groups is 5. The maximum absolute atomic E-state index is 12.8. The summed E-state index contributed by atoms with van der Waals surface area (Å²) in [5.41, 5.74) is 0. The molecule has 1 fully saturated rings. The van der Waals surface area contributed by atoms with Crippen molar-refractivity contribution >= 4 is 5.91 Å². The molecule has 0 aliphatic carbocycles.